The molecule has 2 aromatic carbocycles. The number of aromatic nitrogens is 1. The number of hydrogen-bond donors (Lipinski definition) is 2. The molecule has 4 rings (SSSR count). The van der Waals surface area contributed by atoms with Crippen molar-refractivity contribution in [2.75, 3.05) is 11.9 Å². The number of anilines is 1. The van der Waals surface area contributed by atoms with Gasteiger partial charge < -0.3 is 10.1 Å². The molecule has 0 bridgehead atoms. The first kappa shape index (κ1) is 21.1. The fourth-order valence-electron chi connectivity index (χ4n) is 3.31. The Bertz CT molecular complexity index is 1140. The number of thiazole rings is 1. The molecule has 0 saturated heterocycles. The van der Waals surface area contributed by atoms with Crippen molar-refractivity contribution in [1.29, 1.82) is 0 Å². The van der Waals surface area contributed by atoms with E-state index in [0.29, 0.717) is 23.2 Å². The highest BCUT2D eigenvalue weighted by molar-refractivity contribution is 7.14. The second-order valence-electron chi connectivity index (χ2n) is 7.05. The SMILES string of the molecule is CC(=O)NC1CCOc2ccc(-c3csc(NC(=O)/C=C/c4ccc(Cl)cc4)n3)cc21. The largest absolute Gasteiger partial charge is 0.493 e. The topological polar surface area (TPSA) is 80.3 Å². The molecule has 158 valence electrons. The highest BCUT2D eigenvalue weighted by atomic mass is 35.5. The van der Waals surface area contributed by atoms with Crippen molar-refractivity contribution in [2.24, 2.45) is 0 Å². The minimum Gasteiger partial charge on any atom is -0.493 e. The van der Waals surface area contributed by atoms with Gasteiger partial charge in [0.15, 0.2) is 5.13 Å². The van der Waals surface area contributed by atoms with Crippen molar-refractivity contribution < 1.29 is 14.3 Å². The second kappa shape index (κ2) is 9.32. The number of carbonyl (C=O) groups excluding carboxylic acids is 2. The van der Waals surface area contributed by atoms with Crippen LogP contribution in [0.1, 0.15) is 30.5 Å². The van der Waals surface area contributed by atoms with E-state index in [1.165, 1.54) is 24.3 Å². The average molecular weight is 454 g/mol. The summed E-state index contributed by atoms with van der Waals surface area (Å²) in [4.78, 5) is 28.3. The molecular weight excluding hydrogens is 434 g/mol. The lowest BCUT2D eigenvalue weighted by Gasteiger charge is -2.26. The summed E-state index contributed by atoms with van der Waals surface area (Å²) < 4.78 is 5.71. The van der Waals surface area contributed by atoms with Gasteiger partial charge in [-0.2, -0.15) is 0 Å². The lowest BCUT2D eigenvalue weighted by Crippen LogP contribution is -2.30. The molecule has 8 heteroatoms. The van der Waals surface area contributed by atoms with Gasteiger partial charge in [0.2, 0.25) is 11.8 Å². The van der Waals surface area contributed by atoms with Crippen LogP contribution in [0.2, 0.25) is 5.02 Å². The minimum atomic E-state index is -0.264. The normalized spacial score (nSPS) is 15.2. The molecule has 0 radical (unpaired) electrons. The number of rotatable bonds is 5. The van der Waals surface area contributed by atoms with E-state index in [2.05, 4.69) is 15.6 Å². The van der Waals surface area contributed by atoms with Crippen LogP contribution in [0.3, 0.4) is 0 Å². The van der Waals surface area contributed by atoms with Crippen molar-refractivity contribution in [3.8, 4) is 17.0 Å². The molecule has 2 N–H and O–H groups in total. The third-order valence-electron chi connectivity index (χ3n) is 4.75. The summed E-state index contributed by atoms with van der Waals surface area (Å²) in [7, 11) is 0. The highest BCUT2D eigenvalue weighted by Gasteiger charge is 2.23. The first-order valence-corrected chi connectivity index (χ1v) is 11.0. The van der Waals surface area contributed by atoms with Crippen LogP contribution in [-0.2, 0) is 9.59 Å². The lowest BCUT2D eigenvalue weighted by atomic mass is 9.97. The van der Waals surface area contributed by atoms with E-state index in [-0.39, 0.29) is 17.9 Å². The number of fused-ring (bicyclic) bond motifs is 1. The summed E-state index contributed by atoms with van der Waals surface area (Å²) in [5, 5.41) is 8.80. The first-order valence-electron chi connectivity index (χ1n) is 9.72. The molecule has 0 spiro atoms. The minimum absolute atomic E-state index is 0.0754. The Hall–Kier alpha value is -3.16. The van der Waals surface area contributed by atoms with E-state index in [4.69, 9.17) is 16.3 Å². The molecule has 3 aromatic rings. The van der Waals surface area contributed by atoms with Crippen molar-refractivity contribution in [2.45, 2.75) is 19.4 Å². The zero-order chi connectivity index (χ0) is 21.8. The molecule has 0 aliphatic carbocycles. The Morgan fingerprint density at radius 3 is 2.81 bits per heavy atom. The van der Waals surface area contributed by atoms with Gasteiger partial charge in [-0.1, -0.05) is 23.7 Å². The van der Waals surface area contributed by atoms with E-state index in [1.54, 1.807) is 18.2 Å². The highest BCUT2D eigenvalue weighted by Crippen LogP contribution is 2.36. The van der Waals surface area contributed by atoms with Crippen LogP contribution in [0.25, 0.3) is 17.3 Å². The Morgan fingerprint density at radius 2 is 2.03 bits per heavy atom. The molecule has 6 nitrogen and oxygen atoms in total. The number of amides is 2. The third kappa shape index (κ3) is 5.31. The van der Waals surface area contributed by atoms with Crippen LogP contribution >= 0.6 is 22.9 Å². The van der Waals surface area contributed by atoms with Crippen molar-refractivity contribution in [3.63, 3.8) is 0 Å². The van der Waals surface area contributed by atoms with Crippen LogP contribution in [0, 0.1) is 0 Å². The summed E-state index contributed by atoms with van der Waals surface area (Å²) in [6.45, 7) is 2.07. The molecule has 0 saturated carbocycles. The van der Waals surface area contributed by atoms with Crippen molar-refractivity contribution in [3.05, 3.63) is 70.1 Å². The summed E-state index contributed by atoms with van der Waals surface area (Å²) >= 11 is 7.22. The van der Waals surface area contributed by atoms with Gasteiger partial charge in [-0.3, -0.25) is 14.9 Å². The maximum absolute atomic E-state index is 12.2. The van der Waals surface area contributed by atoms with E-state index in [9.17, 15) is 9.59 Å². The van der Waals surface area contributed by atoms with Gasteiger partial charge in [0.25, 0.3) is 0 Å². The molecule has 1 aromatic heterocycles. The first-order chi connectivity index (χ1) is 15.0. The number of halogens is 1. The zero-order valence-electron chi connectivity index (χ0n) is 16.7. The average Bonchev–Trinajstić information content (AvgIpc) is 3.21. The summed E-state index contributed by atoms with van der Waals surface area (Å²) in [5.41, 5.74) is 3.46. The van der Waals surface area contributed by atoms with Crippen LogP contribution in [0.15, 0.2) is 53.9 Å². The van der Waals surface area contributed by atoms with Gasteiger partial charge in [0.05, 0.1) is 18.3 Å². The second-order valence-corrected chi connectivity index (χ2v) is 8.35. The molecule has 2 heterocycles. The predicted molar refractivity (Wildman–Crippen MR) is 123 cm³/mol. The summed E-state index contributed by atoms with van der Waals surface area (Å²) in [6.07, 6.45) is 3.89. The third-order valence-corrected chi connectivity index (χ3v) is 5.76. The molecule has 1 unspecified atom stereocenters. The molecule has 0 fully saturated rings. The van der Waals surface area contributed by atoms with Gasteiger partial charge >= 0.3 is 0 Å². The maximum Gasteiger partial charge on any atom is 0.250 e. The van der Waals surface area contributed by atoms with E-state index in [0.717, 1.165) is 28.1 Å². The smallest absolute Gasteiger partial charge is 0.250 e. The molecule has 1 aliphatic heterocycles. The fraction of sp³-hybridized carbons (Fsp3) is 0.174. The monoisotopic (exact) mass is 453 g/mol. The standard InChI is InChI=1S/C23H20ClN3O3S/c1-14(28)25-19-10-11-30-21-8-5-16(12-18(19)21)20-13-31-23(26-20)27-22(29)9-4-15-2-6-17(24)7-3-15/h2-9,12-13,19H,10-11H2,1H3,(H,25,28)(H,26,27,29)/b9-4+. The Morgan fingerprint density at radius 1 is 1.23 bits per heavy atom. The number of nitrogens with zero attached hydrogens (tertiary/aromatic N) is 1. The Labute approximate surface area is 188 Å². The zero-order valence-corrected chi connectivity index (χ0v) is 18.3. The van der Waals surface area contributed by atoms with Crippen molar-refractivity contribution >= 4 is 46.0 Å². The number of benzene rings is 2. The molecule has 2 amide bonds. The summed E-state index contributed by atoms with van der Waals surface area (Å²) in [6, 6.07) is 12.9. The van der Waals surface area contributed by atoms with Gasteiger partial charge in [-0.25, -0.2) is 4.98 Å². The van der Waals surface area contributed by atoms with Crippen molar-refractivity contribution in [1.82, 2.24) is 10.3 Å². The maximum atomic E-state index is 12.2. The number of carbonyl (C=O) groups is 2. The Balaban J connectivity index is 1.46. The van der Waals surface area contributed by atoms with Crippen LogP contribution in [0.5, 0.6) is 5.75 Å². The van der Waals surface area contributed by atoms with Crippen LogP contribution in [0.4, 0.5) is 5.13 Å². The molecular formula is C23H20ClN3O3S. The van der Waals surface area contributed by atoms with E-state index in [1.807, 2.05) is 35.7 Å². The van der Waals surface area contributed by atoms with Crippen LogP contribution < -0.4 is 15.4 Å². The quantitative estimate of drug-likeness (QED) is 0.528. The van der Waals surface area contributed by atoms with Gasteiger partial charge in [0.1, 0.15) is 5.75 Å². The summed E-state index contributed by atoms with van der Waals surface area (Å²) in [5.74, 6) is 0.429. The fourth-order valence-corrected chi connectivity index (χ4v) is 4.15. The molecule has 1 atom stereocenters. The lowest BCUT2D eigenvalue weighted by molar-refractivity contribution is -0.119. The van der Waals surface area contributed by atoms with Crippen LogP contribution in [-0.4, -0.2) is 23.4 Å². The molecule has 31 heavy (non-hydrogen) atoms. The number of hydrogen-bond acceptors (Lipinski definition) is 5. The number of nitrogens with one attached hydrogen (secondary N) is 2. The van der Waals surface area contributed by atoms with E-state index < -0.39 is 0 Å². The predicted octanol–water partition coefficient (Wildman–Crippen LogP) is 5.08. The Kier molecular flexibility index (Phi) is 6.34. The van der Waals surface area contributed by atoms with E-state index >= 15 is 0 Å². The molecule has 1 aliphatic rings. The number of ether oxygens (including phenoxy) is 1. The van der Waals surface area contributed by atoms with Gasteiger partial charge in [-0.15, -0.1) is 11.3 Å². The van der Waals surface area contributed by atoms with Gasteiger partial charge in [0, 0.05) is 41.0 Å². The van der Waals surface area contributed by atoms with Gasteiger partial charge in [-0.05, 0) is 42.0 Å².